The van der Waals surface area contributed by atoms with Gasteiger partial charge in [-0.3, -0.25) is 14.4 Å². The molecule has 0 spiro atoms. The lowest BCUT2D eigenvalue weighted by atomic mass is 9.94. The van der Waals surface area contributed by atoms with Gasteiger partial charge in [0.05, 0.1) is 19.7 Å². The first-order valence-corrected chi connectivity index (χ1v) is 13.3. The lowest BCUT2D eigenvalue weighted by Crippen LogP contribution is -2.25. The van der Waals surface area contributed by atoms with E-state index in [4.69, 9.17) is 25.8 Å². The average molecular weight is 575 g/mol. The van der Waals surface area contributed by atoms with Gasteiger partial charge in [-0.25, -0.2) is 0 Å². The summed E-state index contributed by atoms with van der Waals surface area (Å²) in [6.07, 6.45) is 2.83. The maximum absolute atomic E-state index is 13.6. The first kappa shape index (κ1) is 29.4. The molecule has 0 unspecified atom stereocenters. The van der Waals surface area contributed by atoms with Crippen molar-refractivity contribution in [3.8, 4) is 28.4 Å². The smallest absolute Gasteiger partial charge is 0.308 e. The predicted molar refractivity (Wildman–Crippen MR) is 162 cm³/mol. The van der Waals surface area contributed by atoms with Crippen LogP contribution in [0.1, 0.15) is 37.8 Å². The fraction of sp³-hybridized carbons (Fsp3) is 0.219. The Morgan fingerprint density at radius 3 is 2.24 bits per heavy atom. The van der Waals surface area contributed by atoms with Crippen LogP contribution in [-0.2, 0) is 16.6 Å². The van der Waals surface area contributed by atoms with E-state index in [2.05, 4.69) is 19.2 Å². The molecule has 9 heteroatoms. The Labute approximate surface area is 243 Å². The highest BCUT2D eigenvalue weighted by molar-refractivity contribution is 6.34. The van der Waals surface area contributed by atoms with Gasteiger partial charge >= 0.3 is 5.97 Å². The first-order valence-electron chi connectivity index (χ1n) is 12.9. The van der Waals surface area contributed by atoms with E-state index < -0.39 is 11.9 Å². The number of anilines is 1. The molecule has 0 saturated carbocycles. The molecule has 1 amide bonds. The van der Waals surface area contributed by atoms with Gasteiger partial charge in [0.2, 0.25) is 11.7 Å². The number of carbonyl (C=O) groups excluding carboxylic acids is 2. The van der Waals surface area contributed by atoms with Crippen LogP contribution in [0.25, 0.3) is 28.1 Å². The average Bonchev–Trinajstić information content (AvgIpc) is 2.95. The highest BCUT2D eigenvalue weighted by atomic mass is 35.5. The van der Waals surface area contributed by atoms with Crippen molar-refractivity contribution in [1.29, 1.82) is 0 Å². The lowest BCUT2D eigenvalue weighted by Gasteiger charge is -2.18. The zero-order valence-corrected chi connectivity index (χ0v) is 24.5. The molecular formula is C32H31ClN2O6. The van der Waals surface area contributed by atoms with E-state index in [0.717, 1.165) is 16.5 Å². The molecule has 0 aliphatic heterocycles. The van der Waals surface area contributed by atoms with Crippen LogP contribution < -0.4 is 25.1 Å². The number of ether oxygens (including phenoxy) is 3. The molecule has 212 valence electrons. The number of carbonyl (C=O) groups is 2. The lowest BCUT2D eigenvalue weighted by molar-refractivity contribution is -0.132. The molecule has 0 saturated heterocycles. The Morgan fingerprint density at radius 1 is 1.00 bits per heavy atom. The third kappa shape index (κ3) is 6.12. The molecule has 0 aliphatic rings. The van der Waals surface area contributed by atoms with Crippen molar-refractivity contribution in [3.63, 3.8) is 0 Å². The van der Waals surface area contributed by atoms with E-state index in [1.165, 1.54) is 37.9 Å². The standard InChI is InChI=1S/C32H31ClN2O6/c1-18(2)21-12-13-25-23(17-21)29(22-9-7-8-10-24(22)33)30(32(38)35(25)4)34-28(37)14-11-20-15-26(39-5)31(41-19(3)36)27(16-20)40-6/h7-18H,1-6H3,(H,34,37). The molecule has 4 aromatic rings. The van der Waals surface area contributed by atoms with Gasteiger partial charge in [-0.05, 0) is 53.5 Å². The van der Waals surface area contributed by atoms with E-state index in [1.54, 1.807) is 25.2 Å². The molecule has 0 fully saturated rings. The van der Waals surface area contributed by atoms with E-state index >= 15 is 0 Å². The van der Waals surface area contributed by atoms with Crippen LogP contribution >= 0.6 is 11.6 Å². The minimum absolute atomic E-state index is 0.115. The zero-order valence-electron chi connectivity index (χ0n) is 23.7. The second kappa shape index (κ2) is 12.3. The zero-order chi connectivity index (χ0) is 29.8. The van der Waals surface area contributed by atoms with Gasteiger partial charge in [0.15, 0.2) is 11.5 Å². The quantitative estimate of drug-likeness (QED) is 0.145. The van der Waals surface area contributed by atoms with Crippen LogP contribution in [0, 0.1) is 0 Å². The summed E-state index contributed by atoms with van der Waals surface area (Å²) in [6, 6.07) is 16.4. The summed E-state index contributed by atoms with van der Waals surface area (Å²) >= 11 is 6.61. The van der Waals surface area contributed by atoms with Crippen molar-refractivity contribution in [1.82, 2.24) is 4.57 Å². The van der Waals surface area contributed by atoms with Gasteiger partial charge in [0.25, 0.3) is 5.56 Å². The summed E-state index contributed by atoms with van der Waals surface area (Å²) in [5, 5.41) is 4.05. The number of hydrogen-bond acceptors (Lipinski definition) is 6. The summed E-state index contributed by atoms with van der Waals surface area (Å²) in [5.41, 5.74) is 3.27. The summed E-state index contributed by atoms with van der Waals surface area (Å²) < 4.78 is 17.5. The Balaban J connectivity index is 1.82. The number of aryl methyl sites for hydroxylation is 1. The maximum atomic E-state index is 13.6. The summed E-state index contributed by atoms with van der Waals surface area (Å²) in [6.45, 7) is 5.46. The number of benzene rings is 3. The van der Waals surface area contributed by atoms with Crippen molar-refractivity contribution >= 4 is 46.1 Å². The molecule has 0 bridgehead atoms. The molecule has 1 N–H and O–H groups in total. The van der Waals surface area contributed by atoms with Crippen LogP contribution in [0.5, 0.6) is 17.2 Å². The van der Waals surface area contributed by atoms with E-state index in [9.17, 15) is 14.4 Å². The molecule has 0 radical (unpaired) electrons. The molecule has 8 nitrogen and oxygen atoms in total. The monoisotopic (exact) mass is 574 g/mol. The molecule has 0 atom stereocenters. The number of nitrogens with zero attached hydrogens (tertiary/aromatic N) is 1. The molecule has 1 heterocycles. The Kier molecular flexibility index (Phi) is 8.83. The van der Waals surface area contributed by atoms with Crippen LogP contribution in [0.4, 0.5) is 5.69 Å². The van der Waals surface area contributed by atoms with Crippen LogP contribution in [-0.4, -0.2) is 30.7 Å². The molecule has 1 aromatic heterocycles. The Bertz CT molecular complexity index is 1710. The largest absolute Gasteiger partial charge is 0.493 e. The molecule has 4 rings (SSSR count). The van der Waals surface area contributed by atoms with Gasteiger partial charge in [-0.1, -0.05) is 49.7 Å². The highest BCUT2D eigenvalue weighted by Gasteiger charge is 2.21. The van der Waals surface area contributed by atoms with Gasteiger partial charge in [-0.15, -0.1) is 0 Å². The normalized spacial score (nSPS) is 11.2. The fourth-order valence-corrected chi connectivity index (χ4v) is 4.79. The second-order valence-corrected chi connectivity index (χ2v) is 10.1. The van der Waals surface area contributed by atoms with Crippen LogP contribution in [0.3, 0.4) is 0 Å². The number of nitrogens with one attached hydrogen (secondary N) is 1. The number of esters is 1. The summed E-state index contributed by atoms with van der Waals surface area (Å²) in [4.78, 5) is 38.4. The van der Waals surface area contributed by atoms with Crippen molar-refractivity contribution in [2.75, 3.05) is 19.5 Å². The summed E-state index contributed by atoms with van der Waals surface area (Å²) in [7, 11) is 4.53. The van der Waals surface area contributed by atoms with Gasteiger partial charge in [-0.2, -0.15) is 0 Å². The van der Waals surface area contributed by atoms with Gasteiger partial charge in [0.1, 0.15) is 5.69 Å². The minimum Gasteiger partial charge on any atom is -0.493 e. The third-order valence-corrected chi connectivity index (χ3v) is 6.96. The number of amides is 1. The first-order chi connectivity index (χ1) is 19.5. The number of aromatic nitrogens is 1. The fourth-order valence-electron chi connectivity index (χ4n) is 4.56. The SMILES string of the molecule is COc1cc(C=CC(=O)Nc2c(-c3ccccc3Cl)c3cc(C(C)C)ccc3n(C)c2=O)cc(OC)c1OC(C)=O. The third-order valence-electron chi connectivity index (χ3n) is 6.63. The Morgan fingerprint density at radius 2 is 1.66 bits per heavy atom. The van der Waals surface area contributed by atoms with E-state index in [1.807, 2.05) is 36.4 Å². The van der Waals surface area contributed by atoms with E-state index in [-0.39, 0.29) is 34.4 Å². The summed E-state index contributed by atoms with van der Waals surface area (Å²) in [5.74, 6) is -0.172. The Hall–Kier alpha value is -4.56. The number of halogens is 1. The predicted octanol–water partition coefficient (Wildman–Crippen LogP) is 6.58. The number of rotatable bonds is 8. The van der Waals surface area contributed by atoms with E-state index in [0.29, 0.717) is 21.7 Å². The second-order valence-electron chi connectivity index (χ2n) is 9.70. The number of hydrogen-bond donors (Lipinski definition) is 1. The van der Waals surface area contributed by atoms with Crippen LogP contribution in [0.15, 0.2) is 65.5 Å². The number of fused-ring (bicyclic) bond motifs is 1. The molecule has 0 aliphatic carbocycles. The van der Waals surface area contributed by atoms with Crippen molar-refractivity contribution in [2.45, 2.75) is 26.7 Å². The highest BCUT2D eigenvalue weighted by Crippen LogP contribution is 2.40. The number of pyridine rings is 1. The van der Waals surface area contributed by atoms with Gasteiger partial charge in [0, 0.05) is 41.6 Å². The topological polar surface area (TPSA) is 95.9 Å². The van der Waals surface area contributed by atoms with Gasteiger partial charge < -0.3 is 24.1 Å². The van der Waals surface area contributed by atoms with Crippen LogP contribution in [0.2, 0.25) is 5.02 Å². The molecular weight excluding hydrogens is 544 g/mol. The van der Waals surface area contributed by atoms with Crippen molar-refractivity contribution in [2.24, 2.45) is 7.05 Å². The van der Waals surface area contributed by atoms with Crippen molar-refractivity contribution < 1.29 is 23.8 Å². The maximum Gasteiger partial charge on any atom is 0.308 e. The number of methoxy groups -OCH3 is 2. The molecule has 41 heavy (non-hydrogen) atoms. The molecule has 3 aromatic carbocycles. The van der Waals surface area contributed by atoms with Crippen molar-refractivity contribution in [3.05, 3.63) is 87.2 Å². The minimum atomic E-state index is -0.531.